The van der Waals surface area contributed by atoms with E-state index in [1.54, 1.807) is 19.1 Å². The van der Waals surface area contributed by atoms with Crippen LogP contribution in [0.1, 0.15) is 23.7 Å². The Labute approximate surface area is 139 Å². The minimum Gasteiger partial charge on any atom is -0.388 e. The van der Waals surface area contributed by atoms with Crippen LogP contribution in [0.2, 0.25) is 0 Å². The predicted molar refractivity (Wildman–Crippen MR) is 88.8 cm³/mol. The lowest BCUT2D eigenvalue weighted by Crippen LogP contribution is -2.36. The summed E-state index contributed by atoms with van der Waals surface area (Å²) in [6.45, 7) is 1.75. The number of hydrogen-bond donors (Lipinski definition) is 3. The van der Waals surface area contributed by atoms with Crippen LogP contribution >= 0.6 is 0 Å². The molecule has 0 radical (unpaired) electrons. The molecule has 2 aromatic carbocycles. The van der Waals surface area contributed by atoms with Crippen molar-refractivity contribution in [2.45, 2.75) is 19.4 Å². The first-order valence-corrected chi connectivity index (χ1v) is 7.55. The molecule has 0 saturated heterocycles. The van der Waals surface area contributed by atoms with Crippen molar-refractivity contribution in [3.8, 4) is 0 Å². The first-order chi connectivity index (χ1) is 11.5. The molecule has 24 heavy (non-hydrogen) atoms. The van der Waals surface area contributed by atoms with E-state index in [1.807, 2.05) is 18.2 Å². The van der Waals surface area contributed by atoms with Crippen LogP contribution in [0.4, 0.5) is 10.1 Å². The second kappa shape index (κ2) is 8.21. The van der Waals surface area contributed by atoms with E-state index >= 15 is 0 Å². The van der Waals surface area contributed by atoms with Crippen LogP contribution in [0.3, 0.4) is 0 Å². The third kappa shape index (κ3) is 4.89. The van der Waals surface area contributed by atoms with Gasteiger partial charge in [0.2, 0.25) is 0 Å². The topological polar surface area (TPSA) is 78.4 Å². The summed E-state index contributed by atoms with van der Waals surface area (Å²) in [6, 6.07) is 13.2. The van der Waals surface area contributed by atoms with Gasteiger partial charge in [-0.2, -0.15) is 0 Å². The third-order valence-electron chi connectivity index (χ3n) is 3.52. The van der Waals surface area contributed by atoms with Gasteiger partial charge in [-0.3, -0.25) is 9.59 Å². The fraction of sp³-hybridized carbons (Fsp3) is 0.222. The lowest BCUT2D eigenvalue weighted by molar-refractivity contribution is -0.136. The number of hydrogen-bond acceptors (Lipinski definition) is 3. The molecule has 0 heterocycles. The Kier molecular flexibility index (Phi) is 6.03. The number of carbonyl (C=O) groups excluding carboxylic acids is 2. The lowest BCUT2D eigenvalue weighted by atomic mass is 10.1. The van der Waals surface area contributed by atoms with Crippen molar-refractivity contribution < 1.29 is 19.1 Å². The van der Waals surface area contributed by atoms with Crippen LogP contribution in [-0.4, -0.2) is 23.5 Å². The van der Waals surface area contributed by atoms with E-state index in [4.69, 9.17) is 0 Å². The van der Waals surface area contributed by atoms with Crippen molar-refractivity contribution in [1.29, 1.82) is 0 Å². The molecule has 0 aliphatic rings. The number of anilines is 1. The standard InChI is InChI=1S/C18H19FN2O3/c1-12-7-8-14(11-15(12)19)21-18(24)17(23)20-10-9-16(22)13-5-3-2-4-6-13/h2-8,11,16,22H,9-10H2,1H3,(H,20,23)(H,21,24). The van der Waals surface area contributed by atoms with Gasteiger partial charge in [-0.25, -0.2) is 4.39 Å². The van der Waals surface area contributed by atoms with E-state index < -0.39 is 23.7 Å². The monoisotopic (exact) mass is 330 g/mol. The largest absolute Gasteiger partial charge is 0.388 e. The highest BCUT2D eigenvalue weighted by Gasteiger charge is 2.15. The first-order valence-electron chi connectivity index (χ1n) is 7.55. The van der Waals surface area contributed by atoms with Crippen LogP contribution in [-0.2, 0) is 9.59 Å². The smallest absolute Gasteiger partial charge is 0.313 e. The Morgan fingerprint density at radius 2 is 1.83 bits per heavy atom. The number of nitrogens with one attached hydrogen (secondary N) is 2. The molecule has 0 bridgehead atoms. The minimum atomic E-state index is -0.882. The molecule has 0 spiro atoms. The highest BCUT2D eigenvalue weighted by Crippen LogP contribution is 2.15. The quantitative estimate of drug-likeness (QED) is 0.736. The summed E-state index contributed by atoms with van der Waals surface area (Å²) in [5, 5.41) is 14.7. The number of rotatable bonds is 5. The molecule has 1 unspecified atom stereocenters. The van der Waals surface area contributed by atoms with E-state index in [2.05, 4.69) is 10.6 Å². The van der Waals surface area contributed by atoms with Gasteiger partial charge in [0, 0.05) is 12.2 Å². The molecular formula is C18H19FN2O3. The van der Waals surface area contributed by atoms with E-state index in [0.717, 1.165) is 11.6 Å². The van der Waals surface area contributed by atoms with Crippen LogP contribution in [0.5, 0.6) is 0 Å². The van der Waals surface area contributed by atoms with Gasteiger partial charge in [0.1, 0.15) is 5.82 Å². The minimum absolute atomic E-state index is 0.143. The Hall–Kier alpha value is -2.73. The summed E-state index contributed by atoms with van der Waals surface area (Å²) in [7, 11) is 0. The average molecular weight is 330 g/mol. The summed E-state index contributed by atoms with van der Waals surface area (Å²) >= 11 is 0. The zero-order chi connectivity index (χ0) is 17.5. The molecule has 6 heteroatoms. The zero-order valence-electron chi connectivity index (χ0n) is 13.3. The molecule has 0 aliphatic heterocycles. The van der Waals surface area contributed by atoms with Gasteiger partial charge < -0.3 is 15.7 Å². The highest BCUT2D eigenvalue weighted by atomic mass is 19.1. The molecule has 0 aromatic heterocycles. The lowest BCUT2D eigenvalue weighted by Gasteiger charge is -2.11. The zero-order valence-corrected chi connectivity index (χ0v) is 13.3. The summed E-state index contributed by atoms with van der Waals surface area (Å²) in [5.41, 5.74) is 1.40. The number of aliphatic hydroxyl groups excluding tert-OH is 1. The van der Waals surface area contributed by atoms with Crippen LogP contribution < -0.4 is 10.6 Å². The summed E-state index contributed by atoms with van der Waals surface area (Å²) in [6.07, 6.45) is -0.442. The number of aliphatic hydroxyl groups is 1. The fourth-order valence-electron chi connectivity index (χ4n) is 2.10. The van der Waals surface area contributed by atoms with Crippen molar-refractivity contribution in [1.82, 2.24) is 5.32 Å². The van der Waals surface area contributed by atoms with Gasteiger partial charge in [-0.15, -0.1) is 0 Å². The maximum absolute atomic E-state index is 13.4. The maximum Gasteiger partial charge on any atom is 0.313 e. The summed E-state index contributed by atoms with van der Waals surface area (Å²) in [5.74, 6) is -2.18. The third-order valence-corrected chi connectivity index (χ3v) is 3.52. The molecule has 0 fully saturated rings. The Morgan fingerprint density at radius 1 is 1.12 bits per heavy atom. The number of aryl methyl sites for hydroxylation is 1. The first kappa shape index (κ1) is 17.6. The second-order valence-electron chi connectivity index (χ2n) is 5.39. The predicted octanol–water partition coefficient (Wildman–Crippen LogP) is 2.31. The maximum atomic E-state index is 13.4. The summed E-state index contributed by atoms with van der Waals surface area (Å²) in [4.78, 5) is 23.5. The van der Waals surface area contributed by atoms with Crippen LogP contribution in [0, 0.1) is 12.7 Å². The fourth-order valence-corrected chi connectivity index (χ4v) is 2.10. The Bertz CT molecular complexity index is 719. The molecule has 5 nitrogen and oxygen atoms in total. The molecule has 2 rings (SSSR count). The Morgan fingerprint density at radius 3 is 2.50 bits per heavy atom. The highest BCUT2D eigenvalue weighted by molar-refractivity contribution is 6.39. The Balaban J connectivity index is 1.79. The number of amides is 2. The molecule has 2 amide bonds. The molecule has 0 aliphatic carbocycles. The van der Waals surface area contributed by atoms with Gasteiger partial charge in [0.25, 0.3) is 0 Å². The molecule has 1 atom stereocenters. The van der Waals surface area contributed by atoms with Gasteiger partial charge in [0.05, 0.1) is 6.10 Å². The molecule has 3 N–H and O–H groups in total. The molecule has 126 valence electrons. The molecule has 0 saturated carbocycles. The second-order valence-corrected chi connectivity index (χ2v) is 5.39. The van der Waals surface area contributed by atoms with Crippen LogP contribution in [0.15, 0.2) is 48.5 Å². The van der Waals surface area contributed by atoms with Gasteiger partial charge in [0.15, 0.2) is 0 Å². The SMILES string of the molecule is Cc1ccc(NC(=O)C(=O)NCCC(O)c2ccccc2)cc1F. The van der Waals surface area contributed by atoms with E-state index in [0.29, 0.717) is 5.56 Å². The van der Waals surface area contributed by atoms with Crippen molar-refractivity contribution in [3.05, 3.63) is 65.5 Å². The van der Waals surface area contributed by atoms with Crippen molar-refractivity contribution in [3.63, 3.8) is 0 Å². The van der Waals surface area contributed by atoms with E-state index in [9.17, 15) is 19.1 Å². The average Bonchev–Trinajstić information content (AvgIpc) is 2.58. The normalized spacial score (nSPS) is 11.6. The van der Waals surface area contributed by atoms with E-state index in [1.165, 1.54) is 12.1 Å². The van der Waals surface area contributed by atoms with Crippen LogP contribution in [0.25, 0.3) is 0 Å². The molecular weight excluding hydrogens is 311 g/mol. The van der Waals surface area contributed by atoms with Gasteiger partial charge in [-0.05, 0) is 36.6 Å². The van der Waals surface area contributed by atoms with Crippen molar-refractivity contribution >= 4 is 17.5 Å². The van der Waals surface area contributed by atoms with E-state index in [-0.39, 0.29) is 18.7 Å². The van der Waals surface area contributed by atoms with Gasteiger partial charge >= 0.3 is 11.8 Å². The van der Waals surface area contributed by atoms with Crippen molar-refractivity contribution in [2.24, 2.45) is 0 Å². The number of benzene rings is 2. The number of carbonyl (C=O) groups is 2. The summed E-state index contributed by atoms with van der Waals surface area (Å²) < 4.78 is 13.4. The van der Waals surface area contributed by atoms with Crippen molar-refractivity contribution in [2.75, 3.05) is 11.9 Å². The van der Waals surface area contributed by atoms with Gasteiger partial charge in [-0.1, -0.05) is 36.4 Å². The molecule has 2 aromatic rings. The number of halogens is 1.